The van der Waals surface area contributed by atoms with Gasteiger partial charge in [-0.05, 0) is 49.8 Å². The number of nitrogens with two attached hydrogens (primary N) is 1. The molecular formula is C17H20FN3OS. The van der Waals surface area contributed by atoms with E-state index >= 15 is 0 Å². The molecule has 0 bridgehead atoms. The summed E-state index contributed by atoms with van der Waals surface area (Å²) >= 11 is 1.23. The highest BCUT2D eigenvalue weighted by atomic mass is 32.1. The number of thiazole rings is 1. The molecule has 122 valence electrons. The highest BCUT2D eigenvalue weighted by Crippen LogP contribution is 2.30. The minimum atomic E-state index is -0.219. The molecule has 6 heteroatoms. The van der Waals surface area contributed by atoms with E-state index in [4.69, 9.17) is 5.73 Å². The van der Waals surface area contributed by atoms with Gasteiger partial charge in [0, 0.05) is 6.04 Å². The van der Waals surface area contributed by atoms with Crippen molar-refractivity contribution in [2.75, 3.05) is 5.73 Å². The van der Waals surface area contributed by atoms with E-state index in [9.17, 15) is 9.18 Å². The third kappa shape index (κ3) is 3.69. The minimum Gasteiger partial charge on any atom is -0.375 e. The maximum absolute atomic E-state index is 13.0. The van der Waals surface area contributed by atoms with Crippen LogP contribution in [0.5, 0.6) is 0 Å². The van der Waals surface area contributed by atoms with Gasteiger partial charge in [-0.15, -0.1) is 0 Å². The topological polar surface area (TPSA) is 68.0 Å². The lowest BCUT2D eigenvalue weighted by molar-refractivity contribution is 0.0931. The molecule has 1 amide bonds. The lowest BCUT2D eigenvalue weighted by Gasteiger charge is -2.21. The van der Waals surface area contributed by atoms with Gasteiger partial charge in [-0.3, -0.25) is 4.79 Å². The van der Waals surface area contributed by atoms with Gasteiger partial charge in [-0.1, -0.05) is 29.9 Å². The molecule has 3 N–H and O–H groups in total. The second-order valence-electron chi connectivity index (χ2n) is 6.07. The van der Waals surface area contributed by atoms with E-state index in [1.807, 2.05) is 12.1 Å². The van der Waals surface area contributed by atoms with E-state index in [1.54, 1.807) is 6.92 Å². The monoisotopic (exact) mass is 333 g/mol. The van der Waals surface area contributed by atoms with E-state index in [0.717, 1.165) is 31.2 Å². The number of amides is 1. The summed E-state index contributed by atoms with van der Waals surface area (Å²) in [6.07, 6.45) is 4.01. The van der Waals surface area contributed by atoms with E-state index in [2.05, 4.69) is 10.3 Å². The number of aryl methyl sites for hydroxylation is 1. The number of hydrogen-bond donors (Lipinski definition) is 2. The third-order valence-corrected chi connectivity index (χ3v) is 5.39. The van der Waals surface area contributed by atoms with Crippen LogP contribution in [0.15, 0.2) is 24.3 Å². The SMILES string of the molecule is Cc1nc(N)sc1C(=O)N[C@@H]1CCC[C@@H]1Cc1ccc(F)cc1. The van der Waals surface area contributed by atoms with Crippen molar-refractivity contribution in [2.24, 2.45) is 5.92 Å². The molecule has 1 heterocycles. The highest BCUT2D eigenvalue weighted by molar-refractivity contribution is 7.17. The van der Waals surface area contributed by atoms with Crippen molar-refractivity contribution >= 4 is 22.4 Å². The number of carbonyl (C=O) groups excluding carboxylic acids is 1. The van der Waals surface area contributed by atoms with Crippen molar-refractivity contribution in [3.05, 3.63) is 46.2 Å². The van der Waals surface area contributed by atoms with Gasteiger partial charge in [-0.25, -0.2) is 9.37 Å². The maximum Gasteiger partial charge on any atom is 0.263 e. The summed E-state index contributed by atoms with van der Waals surface area (Å²) in [6, 6.07) is 6.76. The normalized spacial score (nSPS) is 20.6. The zero-order chi connectivity index (χ0) is 16.4. The summed E-state index contributed by atoms with van der Waals surface area (Å²) in [5, 5.41) is 3.55. The molecule has 0 radical (unpaired) electrons. The number of halogens is 1. The smallest absolute Gasteiger partial charge is 0.263 e. The van der Waals surface area contributed by atoms with Crippen LogP contribution >= 0.6 is 11.3 Å². The second-order valence-corrected chi connectivity index (χ2v) is 7.10. The number of benzene rings is 1. The molecule has 0 spiro atoms. The van der Waals surface area contributed by atoms with Crippen LogP contribution in [0.25, 0.3) is 0 Å². The van der Waals surface area contributed by atoms with Gasteiger partial charge in [0.25, 0.3) is 5.91 Å². The number of nitrogens with zero attached hydrogens (tertiary/aromatic N) is 1. The molecule has 1 aromatic heterocycles. The van der Waals surface area contributed by atoms with Crippen molar-refractivity contribution in [1.82, 2.24) is 10.3 Å². The first-order chi connectivity index (χ1) is 11.0. The standard InChI is InChI=1S/C17H20FN3OS/c1-10-15(23-17(19)20-10)16(22)21-14-4-2-3-12(14)9-11-5-7-13(18)8-6-11/h5-8,12,14H,2-4,9H2,1H3,(H2,19,20)(H,21,22)/t12-,14-/m1/s1. The van der Waals surface area contributed by atoms with E-state index in [1.165, 1.54) is 23.5 Å². The number of anilines is 1. The second kappa shape index (κ2) is 6.66. The van der Waals surface area contributed by atoms with Gasteiger partial charge >= 0.3 is 0 Å². The molecule has 2 atom stereocenters. The Morgan fingerprint density at radius 2 is 2.13 bits per heavy atom. The molecule has 1 saturated carbocycles. The van der Waals surface area contributed by atoms with Gasteiger partial charge in [0.2, 0.25) is 0 Å². The Morgan fingerprint density at radius 1 is 1.39 bits per heavy atom. The predicted molar refractivity (Wildman–Crippen MR) is 90.0 cm³/mol. The predicted octanol–water partition coefficient (Wildman–Crippen LogP) is 3.31. The molecule has 4 nitrogen and oxygen atoms in total. The Hall–Kier alpha value is -1.95. The number of hydrogen-bond acceptors (Lipinski definition) is 4. The molecule has 23 heavy (non-hydrogen) atoms. The van der Waals surface area contributed by atoms with Crippen LogP contribution in [0, 0.1) is 18.7 Å². The Kier molecular flexibility index (Phi) is 4.61. The van der Waals surface area contributed by atoms with E-state index in [-0.39, 0.29) is 17.8 Å². The van der Waals surface area contributed by atoms with E-state index < -0.39 is 0 Å². The summed E-state index contributed by atoms with van der Waals surface area (Å²) < 4.78 is 13.0. The summed E-state index contributed by atoms with van der Waals surface area (Å²) in [7, 11) is 0. The number of nitrogen functional groups attached to an aromatic ring is 1. The van der Waals surface area contributed by atoms with Gasteiger partial charge < -0.3 is 11.1 Å². The minimum absolute atomic E-state index is 0.0901. The van der Waals surface area contributed by atoms with Crippen LogP contribution in [0.1, 0.15) is 40.2 Å². The first-order valence-electron chi connectivity index (χ1n) is 7.81. The van der Waals surface area contributed by atoms with Crippen LogP contribution in [0.4, 0.5) is 9.52 Å². The van der Waals surface area contributed by atoms with Crippen molar-refractivity contribution in [3.8, 4) is 0 Å². The summed E-state index contributed by atoms with van der Waals surface area (Å²) in [4.78, 5) is 17.1. The molecule has 1 fully saturated rings. The molecule has 2 aromatic rings. The van der Waals surface area contributed by atoms with E-state index in [0.29, 0.717) is 21.6 Å². The number of nitrogens with one attached hydrogen (secondary N) is 1. The maximum atomic E-state index is 13.0. The van der Waals surface area contributed by atoms with Crippen molar-refractivity contribution in [3.63, 3.8) is 0 Å². The van der Waals surface area contributed by atoms with Crippen LogP contribution in [-0.2, 0) is 6.42 Å². The zero-order valence-corrected chi connectivity index (χ0v) is 13.8. The third-order valence-electron chi connectivity index (χ3n) is 4.41. The number of rotatable bonds is 4. The molecule has 1 aromatic carbocycles. The largest absolute Gasteiger partial charge is 0.375 e. The fourth-order valence-corrected chi connectivity index (χ4v) is 3.99. The van der Waals surface area contributed by atoms with Crippen LogP contribution < -0.4 is 11.1 Å². The fourth-order valence-electron chi connectivity index (χ4n) is 3.26. The van der Waals surface area contributed by atoms with Crippen molar-refractivity contribution in [1.29, 1.82) is 0 Å². The summed E-state index contributed by atoms with van der Waals surface area (Å²) in [5.41, 5.74) is 7.45. The lowest BCUT2D eigenvalue weighted by Crippen LogP contribution is -2.38. The van der Waals surface area contributed by atoms with Gasteiger partial charge in [0.1, 0.15) is 10.7 Å². The Morgan fingerprint density at radius 3 is 2.78 bits per heavy atom. The number of carbonyl (C=O) groups is 1. The molecule has 3 rings (SSSR count). The first kappa shape index (κ1) is 15.9. The highest BCUT2D eigenvalue weighted by Gasteiger charge is 2.29. The fraction of sp³-hybridized carbons (Fsp3) is 0.412. The quantitative estimate of drug-likeness (QED) is 0.902. The van der Waals surface area contributed by atoms with Crippen LogP contribution in [0.2, 0.25) is 0 Å². The molecule has 0 aliphatic heterocycles. The Balaban J connectivity index is 1.66. The Labute approximate surface area is 138 Å². The zero-order valence-electron chi connectivity index (χ0n) is 13.0. The average Bonchev–Trinajstić information content (AvgIpc) is 3.08. The average molecular weight is 333 g/mol. The number of aromatic nitrogens is 1. The van der Waals surface area contributed by atoms with Crippen LogP contribution in [0.3, 0.4) is 0 Å². The molecule has 0 unspecified atom stereocenters. The van der Waals surface area contributed by atoms with Gasteiger partial charge in [0.15, 0.2) is 5.13 Å². The van der Waals surface area contributed by atoms with Crippen LogP contribution in [-0.4, -0.2) is 16.9 Å². The van der Waals surface area contributed by atoms with Crippen molar-refractivity contribution < 1.29 is 9.18 Å². The van der Waals surface area contributed by atoms with Gasteiger partial charge in [0.05, 0.1) is 5.69 Å². The first-order valence-corrected chi connectivity index (χ1v) is 8.63. The molecular weight excluding hydrogens is 313 g/mol. The summed E-state index contributed by atoms with van der Waals surface area (Å²) in [6.45, 7) is 1.80. The lowest BCUT2D eigenvalue weighted by atomic mass is 9.94. The van der Waals surface area contributed by atoms with Gasteiger partial charge in [-0.2, -0.15) is 0 Å². The Bertz CT molecular complexity index is 698. The van der Waals surface area contributed by atoms with Crippen molar-refractivity contribution in [2.45, 2.75) is 38.6 Å². The molecule has 0 saturated heterocycles. The molecule has 1 aliphatic rings. The summed E-state index contributed by atoms with van der Waals surface area (Å²) in [5.74, 6) is 0.0750. The molecule has 1 aliphatic carbocycles.